The van der Waals surface area contributed by atoms with E-state index < -0.39 is 5.97 Å². The van der Waals surface area contributed by atoms with Crippen molar-refractivity contribution in [2.75, 3.05) is 32.7 Å². The maximum absolute atomic E-state index is 12.7. The lowest BCUT2D eigenvalue weighted by Crippen LogP contribution is -2.49. The Labute approximate surface area is 154 Å². The molecule has 0 bridgehead atoms. The quantitative estimate of drug-likeness (QED) is 0.666. The average molecular weight is 360 g/mol. The smallest absolute Gasteiger partial charge is 0.317 e. The maximum Gasteiger partial charge on any atom is 0.317 e. The summed E-state index contributed by atoms with van der Waals surface area (Å²) in [4.78, 5) is 27.6. The second-order valence-electron chi connectivity index (χ2n) is 7.40. The number of nitrogens with two attached hydrogens (primary N) is 1. The summed E-state index contributed by atoms with van der Waals surface area (Å²) >= 11 is 0. The number of hydrogen-bond acceptors (Lipinski definition) is 5. The molecule has 0 saturated carbocycles. The third kappa shape index (κ3) is 5.03. The molecule has 0 aliphatic carbocycles. The molecule has 0 spiro atoms. The Balaban J connectivity index is 1.45. The number of benzene rings is 1. The molecule has 4 N–H and O–H groups in total. The van der Waals surface area contributed by atoms with Crippen LogP contribution in [0.2, 0.25) is 0 Å². The van der Waals surface area contributed by atoms with Gasteiger partial charge in [-0.2, -0.15) is 0 Å². The van der Waals surface area contributed by atoms with Gasteiger partial charge in [-0.1, -0.05) is 30.3 Å². The molecule has 142 valence electrons. The van der Waals surface area contributed by atoms with Crippen LogP contribution in [0.5, 0.6) is 0 Å². The van der Waals surface area contributed by atoms with E-state index in [4.69, 9.17) is 10.8 Å². The zero-order valence-corrected chi connectivity index (χ0v) is 15.0. The van der Waals surface area contributed by atoms with E-state index in [1.165, 1.54) is 5.56 Å². The molecule has 2 fully saturated rings. The second kappa shape index (κ2) is 8.62. The summed E-state index contributed by atoms with van der Waals surface area (Å²) in [6.45, 7) is 3.69. The van der Waals surface area contributed by atoms with Crippen molar-refractivity contribution in [3.05, 3.63) is 35.9 Å². The molecule has 2 aliphatic heterocycles. The van der Waals surface area contributed by atoms with Crippen LogP contribution in [0.15, 0.2) is 30.3 Å². The molecule has 2 saturated heterocycles. The SMILES string of the molecule is NC1CN(Cc2ccccc2)CC1C(=O)NC1CCN(CC(=O)O)CC1. The molecular formula is C19H28N4O3. The Morgan fingerprint density at radius 3 is 2.46 bits per heavy atom. The topological polar surface area (TPSA) is 98.9 Å². The van der Waals surface area contributed by atoms with Crippen LogP contribution in [-0.4, -0.2) is 71.6 Å². The van der Waals surface area contributed by atoms with Crippen molar-refractivity contribution in [3.63, 3.8) is 0 Å². The molecule has 1 aromatic rings. The molecule has 1 amide bonds. The number of carbonyl (C=O) groups is 2. The fourth-order valence-electron chi connectivity index (χ4n) is 3.90. The molecule has 2 unspecified atom stereocenters. The van der Waals surface area contributed by atoms with Crippen LogP contribution in [0.1, 0.15) is 18.4 Å². The lowest BCUT2D eigenvalue weighted by Gasteiger charge is -2.32. The summed E-state index contributed by atoms with van der Waals surface area (Å²) in [7, 11) is 0. The highest BCUT2D eigenvalue weighted by atomic mass is 16.4. The summed E-state index contributed by atoms with van der Waals surface area (Å²) in [5.74, 6) is -0.955. The van der Waals surface area contributed by atoms with Crippen LogP contribution in [0.3, 0.4) is 0 Å². The molecule has 3 rings (SSSR count). The summed E-state index contributed by atoms with van der Waals surface area (Å²) in [6, 6.07) is 10.2. The van der Waals surface area contributed by atoms with Gasteiger partial charge in [0, 0.05) is 44.8 Å². The molecule has 1 aromatic carbocycles. The van der Waals surface area contributed by atoms with Gasteiger partial charge in [-0.15, -0.1) is 0 Å². The molecule has 7 nitrogen and oxygen atoms in total. The fraction of sp³-hybridized carbons (Fsp3) is 0.579. The number of likely N-dealkylation sites (tertiary alicyclic amines) is 2. The van der Waals surface area contributed by atoms with E-state index in [-0.39, 0.29) is 30.5 Å². The first kappa shape index (κ1) is 18.8. The van der Waals surface area contributed by atoms with Gasteiger partial charge in [-0.25, -0.2) is 0 Å². The third-order valence-corrected chi connectivity index (χ3v) is 5.32. The Hall–Kier alpha value is -1.96. The van der Waals surface area contributed by atoms with Gasteiger partial charge < -0.3 is 16.2 Å². The monoisotopic (exact) mass is 360 g/mol. The predicted molar refractivity (Wildman–Crippen MR) is 98.4 cm³/mol. The summed E-state index contributed by atoms with van der Waals surface area (Å²) in [5.41, 5.74) is 7.46. The fourth-order valence-corrected chi connectivity index (χ4v) is 3.90. The van der Waals surface area contributed by atoms with Crippen molar-refractivity contribution >= 4 is 11.9 Å². The van der Waals surface area contributed by atoms with Crippen LogP contribution in [0.25, 0.3) is 0 Å². The average Bonchev–Trinajstić information content (AvgIpc) is 2.97. The Morgan fingerprint density at radius 1 is 1.12 bits per heavy atom. The molecule has 0 aromatic heterocycles. The van der Waals surface area contributed by atoms with Crippen LogP contribution >= 0.6 is 0 Å². The standard InChI is InChI=1S/C19H28N4O3/c20-17-12-23(10-14-4-2-1-3-5-14)11-16(17)19(26)21-15-6-8-22(9-7-15)13-18(24)25/h1-5,15-17H,6-13,20H2,(H,21,26)(H,24,25). The summed E-state index contributed by atoms with van der Waals surface area (Å²) < 4.78 is 0. The van der Waals surface area contributed by atoms with Gasteiger partial charge in [0.25, 0.3) is 0 Å². The Kier molecular flexibility index (Phi) is 6.24. The molecule has 0 radical (unpaired) electrons. The van der Waals surface area contributed by atoms with Gasteiger partial charge in [-0.3, -0.25) is 19.4 Å². The number of carboxylic acids is 1. The van der Waals surface area contributed by atoms with E-state index in [1.54, 1.807) is 0 Å². The zero-order valence-electron chi connectivity index (χ0n) is 15.0. The predicted octanol–water partition coefficient (Wildman–Crippen LogP) is 0.111. The minimum absolute atomic E-state index is 0.0322. The highest BCUT2D eigenvalue weighted by Gasteiger charge is 2.36. The number of amides is 1. The zero-order chi connectivity index (χ0) is 18.5. The van der Waals surface area contributed by atoms with Crippen molar-refractivity contribution in [2.45, 2.75) is 31.5 Å². The number of carbonyl (C=O) groups excluding carboxylic acids is 1. The molecule has 7 heteroatoms. The van der Waals surface area contributed by atoms with Crippen LogP contribution in [-0.2, 0) is 16.1 Å². The highest BCUT2D eigenvalue weighted by Crippen LogP contribution is 2.19. The molecule has 2 heterocycles. The maximum atomic E-state index is 12.7. The number of nitrogens with one attached hydrogen (secondary N) is 1. The van der Waals surface area contributed by atoms with E-state index in [1.807, 2.05) is 23.1 Å². The van der Waals surface area contributed by atoms with Crippen molar-refractivity contribution in [1.29, 1.82) is 0 Å². The largest absolute Gasteiger partial charge is 0.480 e. The van der Waals surface area contributed by atoms with E-state index >= 15 is 0 Å². The molecule has 2 atom stereocenters. The van der Waals surface area contributed by atoms with E-state index in [0.717, 1.165) is 25.9 Å². The van der Waals surface area contributed by atoms with Gasteiger partial charge >= 0.3 is 5.97 Å². The number of rotatable bonds is 6. The van der Waals surface area contributed by atoms with Gasteiger partial charge in [0.15, 0.2) is 0 Å². The number of nitrogens with zero attached hydrogens (tertiary/aromatic N) is 2. The van der Waals surface area contributed by atoms with Gasteiger partial charge in [-0.05, 0) is 18.4 Å². The molecular weight excluding hydrogens is 332 g/mol. The van der Waals surface area contributed by atoms with E-state index in [9.17, 15) is 9.59 Å². The molecule has 26 heavy (non-hydrogen) atoms. The number of aliphatic carboxylic acids is 1. The minimum atomic E-state index is -0.803. The lowest BCUT2D eigenvalue weighted by molar-refractivity contribution is -0.138. The lowest BCUT2D eigenvalue weighted by atomic mass is 10.0. The van der Waals surface area contributed by atoms with Crippen LogP contribution in [0, 0.1) is 5.92 Å². The second-order valence-corrected chi connectivity index (χ2v) is 7.40. The van der Waals surface area contributed by atoms with E-state index in [2.05, 4.69) is 22.3 Å². The normalized spacial score (nSPS) is 25.3. The van der Waals surface area contributed by atoms with Crippen molar-refractivity contribution in [2.24, 2.45) is 11.7 Å². The van der Waals surface area contributed by atoms with Gasteiger partial charge in [0.05, 0.1) is 12.5 Å². The Bertz CT molecular complexity index is 616. The van der Waals surface area contributed by atoms with Crippen molar-refractivity contribution in [3.8, 4) is 0 Å². The van der Waals surface area contributed by atoms with Crippen molar-refractivity contribution < 1.29 is 14.7 Å². The first-order valence-electron chi connectivity index (χ1n) is 9.27. The van der Waals surface area contributed by atoms with Crippen LogP contribution < -0.4 is 11.1 Å². The first-order valence-corrected chi connectivity index (χ1v) is 9.27. The number of carboxylic acid groups (broad SMARTS) is 1. The summed E-state index contributed by atoms with van der Waals surface area (Å²) in [6.07, 6.45) is 1.57. The van der Waals surface area contributed by atoms with Crippen molar-refractivity contribution in [1.82, 2.24) is 15.1 Å². The summed E-state index contributed by atoms with van der Waals surface area (Å²) in [5, 5.41) is 12.0. The Morgan fingerprint density at radius 2 is 1.81 bits per heavy atom. The molecule has 2 aliphatic rings. The highest BCUT2D eigenvalue weighted by molar-refractivity contribution is 5.80. The van der Waals surface area contributed by atoms with Gasteiger partial charge in [0.2, 0.25) is 5.91 Å². The number of hydrogen-bond donors (Lipinski definition) is 3. The van der Waals surface area contributed by atoms with Gasteiger partial charge in [0.1, 0.15) is 0 Å². The van der Waals surface area contributed by atoms with E-state index in [0.29, 0.717) is 19.6 Å². The number of piperidine rings is 1. The third-order valence-electron chi connectivity index (χ3n) is 5.32. The first-order chi connectivity index (χ1) is 12.5. The van der Waals surface area contributed by atoms with Crippen LogP contribution in [0.4, 0.5) is 0 Å². The minimum Gasteiger partial charge on any atom is -0.480 e.